The third-order valence-electron chi connectivity index (χ3n) is 7.30. The third-order valence-corrected chi connectivity index (χ3v) is 7.30. The minimum Gasteiger partial charge on any atom is -0.495 e. The lowest BCUT2D eigenvalue weighted by Crippen LogP contribution is -2.51. The van der Waals surface area contributed by atoms with Gasteiger partial charge in [-0.1, -0.05) is 36.0 Å². The SMILES string of the molecule is NC1(C(=O)O)CCC2=CC=C(OC3CCC(C4C=CC=CC4)CC3)CCC2C1. The second-order valence-corrected chi connectivity index (χ2v) is 9.14. The summed E-state index contributed by atoms with van der Waals surface area (Å²) in [5.41, 5.74) is 6.42. The zero-order chi connectivity index (χ0) is 19.6. The Balaban J connectivity index is 1.29. The number of carboxylic acid groups (broad SMARTS) is 1. The van der Waals surface area contributed by atoms with Crippen LogP contribution in [-0.2, 0) is 9.53 Å². The second-order valence-electron chi connectivity index (χ2n) is 9.14. The normalized spacial score (nSPS) is 38.0. The molecule has 4 heteroatoms. The molecule has 2 saturated carbocycles. The van der Waals surface area contributed by atoms with Crippen molar-refractivity contribution in [1.82, 2.24) is 0 Å². The Bertz CT molecular complexity index is 711. The van der Waals surface area contributed by atoms with E-state index in [1.54, 1.807) is 0 Å². The van der Waals surface area contributed by atoms with E-state index in [9.17, 15) is 9.90 Å². The number of hydrogen-bond donors (Lipinski definition) is 2. The number of ether oxygens (including phenoxy) is 1. The van der Waals surface area contributed by atoms with Gasteiger partial charge in [-0.25, -0.2) is 0 Å². The van der Waals surface area contributed by atoms with Crippen molar-refractivity contribution in [1.29, 1.82) is 0 Å². The van der Waals surface area contributed by atoms with Gasteiger partial charge in [-0.15, -0.1) is 0 Å². The predicted octanol–water partition coefficient (Wildman–Crippen LogP) is 4.88. The van der Waals surface area contributed by atoms with Gasteiger partial charge >= 0.3 is 5.97 Å². The predicted molar refractivity (Wildman–Crippen MR) is 111 cm³/mol. The van der Waals surface area contributed by atoms with Crippen molar-refractivity contribution in [3.05, 3.63) is 47.8 Å². The molecule has 3 unspecified atom stereocenters. The minimum atomic E-state index is -1.06. The summed E-state index contributed by atoms with van der Waals surface area (Å²) < 4.78 is 6.39. The van der Waals surface area contributed by atoms with Crippen molar-refractivity contribution in [2.45, 2.75) is 75.9 Å². The average Bonchev–Trinajstić information content (AvgIpc) is 2.91. The molecule has 4 aliphatic carbocycles. The molecule has 28 heavy (non-hydrogen) atoms. The monoisotopic (exact) mass is 383 g/mol. The Morgan fingerprint density at radius 1 is 1.11 bits per heavy atom. The molecule has 0 aliphatic heterocycles. The van der Waals surface area contributed by atoms with Crippen molar-refractivity contribution in [2.24, 2.45) is 23.5 Å². The zero-order valence-corrected chi connectivity index (χ0v) is 16.7. The van der Waals surface area contributed by atoms with Crippen LogP contribution < -0.4 is 5.73 Å². The first-order chi connectivity index (χ1) is 13.5. The lowest BCUT2D eigenvalue weighted by atomic mass is 9.72. The Hall–Kier alpha value is -1.81. The highest BCUT2D eigenvalue weighted by Gasteiger charge is 2.41. The van der Waals surface area contributed by atoms with Gasteiger partial charge in [0.05, 0.1) is 11.9 Å². The summed E-state index contributed by atoms with van der Waals surface area (Å²) in [5.74, 6) is 1.99. The maximum Gasteiger partial charge on any atom is 0.323 e. The first kappa shape index (κ1) is 19.5. The Morgan fingerprint density at radius 2 is 1.93 bits per heavy atom. The van der Waals surface area contributed by atoms with Gasteiger partial charge in [0, 0.05) is 6.42 Å². The highest BCUT2D eigenvalue weighted by molar-refractivity contribution is 5.78. The number of aliphatic carboxylic acids is 1. The van der Waals surface area contributed by atoms with Crippen molar-refractivity contribution < 1.29 is 14.6 Å². The van der Waals surface area contributed by atoms with Gasteiger partial charge in [-0.3, -0.25) is 4.79 Å². The van der Waals surface area contributed by atoms with Gasteiger partial charge in [-0.05, 0) is 81.6 Å². The van der Waals surface area contributed by atoms with E-state index < -0.39 is 11.5 Å². The highest BCUT2D eigenvalue weighted by atomic mass is 16.5. The average molecular weight is 384 g/mol. The van der Waals surface area contributed by atoms with Crippen LogP contribution >= 0.6 is 0 Å². The number of rotatable bonds is 4. The number of fused-ring (bicyclic) bond motifs is 1. The maximum absolute atomic E-state index is 11.5. The van der Waals surface area contributed by atoms with E-state index in [4.69, 9.17) is 10.5 Å². The maximum atomic E-state index is 11.5. The Kier molecular flexibility index (Phi) is 5.77. The second kappa shape index (κ2) is 8.28. The first-order valence-corrected chi connectivity index (χ1v) is 11.0. The number of carbonyl (C=O) groups is 1. The topological polar surface area (TPSA) is 72.6 Å². The van der Waals surface area contributed by atoms with Crippen LogP contribution in [0, 0.1) is 17.8 Å². The molecule has 0 amide bonds. The number of carboxylic acids is 1. The summed E-state index contributed by atoms with van der Waals surface area (Å²) in [6.07, 6.45) is 23.3. The number of hydrogen-bond acceptors (Lipinski definition) is 3. The van der Waals surface area contributed by atoms with Crippen molar-refractivity contribution in [3.8, 4) is 0 Å². The number of allylic oxidation sites excluding steroid dienone is 8. The summed E-state index contributed by atoms with van der Waals surface area (Å²) in [7, 11) is 0. The summed E-state index contributed by atoms with van der Waals surface area (Å²) >= 11 is 0. The summed E-state index contributed by atoms with van der Waals surface area (Å²) in [4.78, 5) is 11.5. The van der Waals surface area contributed by atoms with Crippen LogP contribution in [-0.4, -0.2) is 22.7 Å². The molecular weight excluding hydrogens is 350 g/mol. The zero-order valence-electron chi connectivity index (χ0n) is 16.7. The summed E-state index contributed by atoms with van der Waals surface area (Å²) in [6, 6.07) is 0. The molecular formula is C24H33NO3. The summed E-state index contributed by atoms with van der Waals surface area (Å²) in [5, 5.41) is 9.45. The van der Waals surface area contributed by atoms with Gasteiger partial charge in [0.2, 0.25) is 0 Å². The molecule has 3 N–H and O–H groups in total. The van der Waals surface area contributed by atoms with E-state index in [2.05, 4.69) is 36.5 Å². The number of nitrogens with two attached hydrogens (primary N) is 1. The van der Waals surface area contributed by atoms with Crippen LogP contribution in [0.4, 0.5) is 0 Å². The van der Waals surface area contributed by atoms with E-state index in [1.165, 1.54) is 24.8 Å². The fourth-order valence-electron chi connectivity index (χ4n) is 5.44. The van der Waals surface area contributed by atoms with Crippen molar-refractivity contribution >= 4 is 5.97 Å². The van der Waals surface area contributed by atoms with Crippen LogP contribution in [0.3, 0.4) is 0 Å². The van der Waals surface area contributed by atoms with E-state index >= 15 is 0 Å². The van der Waals surface area contributed by atoms with Gasteiger partial charge in [-0.2, -0.15) is 0 Å². The summed E-state index contributed by atoms with van der Waals surface area (Å²) in [6.45, 7) is 0. The molecule has 3 atom stereocenters. The smallest absolute Gasteiger partial charge is 0.323 e. The van der Waals surface area contributed by atoms with E-state index in [-0.39, 0.29) is 5.92 Å². The molecule has 0 bridgehead atoms. The van der Waals surface area contributed by atoms with Crippen LogP contribution in [0.15, 0.2) is 47.8 Å². The molecule has 4 aliphatic rings. The third kappa shape index (κ3) is 4.27. The Labute approximate surface area is 168 Å². The molecule has 2 fully saturated rings. The molecule has 0 aromatic carbocycles. The van der Waals surface area contributed by atoms with E-state index in [0.717, 1.165) is 43.8 Å². The standard InChI is InChI=1S/C24H33NO3/c25-24(23(26)27)15-14-19-8-12-22(13-9-20(19)16-24)28-21-10-6-18(7-11-21)17-4-2-1-3-5-17/h1-4,8,12,17-18,20-21H,5-7,9-11,13-16,25H2,(H,26,27). The van der Waals surface area contributed by atoms with E-state index in [1.807, 2.05) is 0 Å². The molecule has 0 saturated heterocycles. The van der Waals surface area contributed by atoms with Crippen LogP contribution in [0.1, 0.15) is 64.2 Å². The van der Waals surface area contributed by atoms with Gasteiger partial charge in [0.1, 0.15) is 5.54 Å². The first-order valence-electron chi connectivity index (χ1n) is 11.0. The molecule has 4 rings (SSSR count). The lowest BCUT2D eigenvalue weighted by Gasteiger charge is -2.36. The van der Waals surface area contributed by atoms with Crippen LogP contribution in [0.2, 0.25) is 0 Å². The quantitative estimate of drug-likeness (QED) is 0.726. The van der Waals surface area contributed by atoms with Crippen molar-refractivity contribution in [2.75, 3.05) is 0 Å². The van der Waals surface area contributed by atoms with Gasteiger partial charge in [0.15, 0.2) is 0 Å². The molecule has 0 spiro atoms. The molecule has 0 heterocycles. The van der Waals surface area contributed by atoms with Gasteiger partial charge in [0.25, 0.3) is 0 Å². The van der Waals surface area contributed by atoms with Gasteiger partial charge < -0.3 is 15.6 Å². The van der Waals surface area contributed by atoms with E-state index in [0.29, 0.717) is 24.9 Å². The van der Waals surface area contributed by atoms with Crippen molar-refractivity contribution in [3.63, 3.8) is 0 Å². The highest BCUT2D eigenvalue weighted by Crippen LogP contribution is 2.41. The fraction of sp³-hybridized carbons (Fsp3) is 0.625. The Morgan fingerprint density at radius 3 is 2.64 bits per heavy atom. The lowest BCUT2D eigenvalue weighted by molar-refractivity contribution is -0.144. The largest absolute Gasteiger partial charge is 0.495 e. The fourth-order valence-corrected chi connectivity index (χ4v) is 5.44. The molecule has 152 valence electrons. The molecule has 0 aromatic rings. The van der Waals surface area contributed by atoms with Crippen LogP contribution in [0.5, 0.6) is 0 Å². The van der Waals surface area contributed by atoms with Crippen LogP contribution in [0.25, 0.3) is 0 Å². The minimum absolute atomic E-state index is 0.272. The molecule has 0 aromatic heterocycles. The molecule has 4 nitrogen and oxygen atoms in total. The molecule has 0 radical (unpaired) electrons.